The topological polar surface area (TPSA) is 66.5 Å². The third kappa shape index (κ3) is 5.20. The summed E-state index contributed by atoms with van der Waals surface area (Å²) >= 11 is 11.7. The molecule has 0 heterocycles. The number of rotatable bonds is 7. The maximum absolute atomic E-state index is 12.7. The Labute approximate surface area is 164 Å². The van der Waals surface area contributed by atoms with Crippen molar-refractivity contribution in [1.29, 1.82) is 0 Å². The lowest BCUT2D eigenvalue weighted by Crippen LogP contribution is -2.41. The summed E-state index contributed by atoms with van der Waals surface area (Å²) in [4.78, 5) is 12.4. The molecule has 1 atom stereocenters. The average molecular weight is 415 g/mol. The predicted octanol–water partition coefficient (Wildman–Crippen LogP) is 3.88. The Balaban J connectivity index is 2.07. The average Bonchev–Trinajstić information content (AvgIpc) is 2.60. The van der Waals surface area contributed by atoms with E-state index in [1.807, 2.05) is 19.1 Å². The highest BCUT2D eigenvalue weighted by molar-refractivity contribution is 7.89. The molecule has 0 aliphatic carbocycles. The standard InChI is InChI=1S/C18H20Cl2N2O3S/c1-3-22(26(24,25)17-10-8-16(20)9-11-17)12-18(23)21-13(2)14-4-6-15(19)7-5-14/h4-11,13H,3,12H2,1-2H3,(H,21,23)/t13-/m1/s1. The summed E-state index contributed by atoms with van der Waals surface area (Å²) in [7, 11) is -3.77. The van der Waals surface area contributed by atoms with Gasteiger partial charge in [-0.15, -0.1) is 0 Å². The second kappa shape index (κ2) is 8.86. The van der Waals surface area contributed by atoms with Gasteiger partial charge in [0.2, 0.25) is 15.9 Å². The molecule has 0 aliphatic heterocycles. The van der Waals surface area contributed by atoms with E-state index in [1.54, 1.807) is 19.1 Å². The van der Waals surface area contributed by atoms with Gasteiger partial charge < -0.3 is 5.32 Å². The first-order chi connectivity index (χ1) is 12.2. The van der Waals surface area contributed by atoms with Gasteiger partial charge in [-0.25, -0.2) is 8.42 Å². The molecule has 26 heavy (non-hydrogen) atoms. The number of nitrogens with zero attached hydrogens (tertiary/aromatic N) is 1. The van der Waals surface area contributed by atoms with Crippen molar-refractivity contribution in [2.24, 2.45) is 0 Å². The van der Waals surface area contributed by atoms with E-state index in [9.17, 15) is 13.2 Å². The number of carbonyl (C=O) groups excluding carboxylic acids is 1. The minimum atomic E-state index is -3.77. The van der Waals surface area contributed by atoms with E-state index in [4.69, 9.17) is 23.2 Å². The van der Waals surface area contributed by atoms with Crippen molar-refractivity contribution < 1.29 is 13.2 Å². The van der Waals surface area contributed by atoms with Crippen molar-refractivity contribution in [3.05, 3.63) is 64.1 Å². The number of sulfonamides is 1. The van der Waals surface area contributed by atoms with Crippen LogP contribution in [0.1, 0.15) is 25.5 Å². The molecule has 1 N–H and O–H groups in total. The molecule has 0 unspecified atom stereocenters. The van der Waals surface area contributed by atoms with Crippen LogP contribution in [0.3, 0.4) is 0 Å². The Morgan fingerprint density at radius 3 is 2.04 bits per heavy atom. The fraction of sp³-hybridized carbons (Fsp3) is 0.278. The van der Waals surface area contributed by atoms with Crippen LogP contribution in [0.25, 0.3) is 0 Å². The largest absolute Gasteiger partial charge is 0.348 e. The molecule has 0 saturated heterocycles. The van der Waals surface area contributed by atoms with Crippen molar-refractivity contribution in [3.8, 4) is 0 Å². The smallest absolute Gasteiger partial charge is 0.243 e. The monoisotopic (exact) mass is 414 g/mol. The Morgan fingerprint density at radius 2 is 1.54 bits per heavy atom. The fourth-order valence-corrected chi connectivity index (χ4v) is 4.06. The number of halogens is 2. The van der Waals surface area contributed by atoms with Crippen LogP contribution in [0, 0.1) is 0 Å². The quantitative estimate of drug-likeness (QED) is 0.747. The van der Waals surface area contributed by atoms with Crippen LogP contribution in [-0.2, 0) is 14.8 Å². The number of benzene rings is 2. The predicted molar refractivity (Wildman–Crippen MR) is 104 cm³/mol. The summed E-state index contributed by atoms with van der Waals surface area (Å²) in [6, 6.07) is 12.7. The number of carbonyl (C=O) groups is 1. The van der Waals surface area contributed by atoms with Gasteiger partial charge in [-0.3, -0.25) is 4.79 Å². The molecule has 1 amide bonds. The molecule has 0 spiro atoms. The molecule has 0 aromatic heterocycles. The minimum absolute atomic E-state index is 0.0994. The highest BCUT2D eigenvalue weighted by atomic mass is 35.5. The van der Waals surface area contributed by atoms with Crippen molar-refractivity contribution in [1.82, 2.24) is 9.62 Å². The fourth-order valence-electron chi connectivity index (χ4n) is 2.40. The molecule has 8 heteroatoms. The van der Waals surface area contributed by atoms with Gasteiger partial charge in [0.15, 0.2) is 0 Å². The van der Waals surface area contributed by atoms with Crippen molar-refractivity contribution in [2.45, 2.75) is 24.8 Å². The Kier molecular flexibility index (Phi) is 7.06. The maximum atomic E-state index is 12.7. The molecular weight excluding hydrogens is 395 g/mol. The second-order valence-corrected chi connectivity index (χ2v) is 8.54. The number of amides is 1. The van der Waals surface area contributed by atoms with E-state index < -0.39 is 10.0 Å². The van der Waals surface area contributed by atoms with E-state index in [0.717, 1.165) is 9.87 Å². The van der Waals surface area contributed by atoms with Gasteiger partial charge in [-0.2, -0.15) is 4.31 Å². The van der Waals surface area contributed by atoms with E-state index in [2.05, 4.69) is 5.32 Å². The highest BCUT2D eigenvalue weighted by Gasteiger charge is 2.25. The first-order valence-electron chi connectivity index (χ1n) is 8.04. The normalized spacial score (nSPS) is 12.8. The first-order valence-corrected chi connectivity index (χ1v) is 10.2. The zero-order valence-corrected chi connectivity index (χ0v) is 16.8. The van der Waals surface area contributed by atoms with E-state index >= 15 is 0 Å². The Hall–Kier alpha value is -1.60. The molecule has 0 saturated carbocycles. The van der Waals surface area contributed by atoms with Crippen LogP contribution in [0.4, 0.5) is 0 Å². The van der Waals surface area contributed by atoms with Crippen molar-refractivity contribution in [2.75, 3.05) is 13.1 Å². The van der Waals surface area contributed by atoms with Gasteiger partial charge in [0.1, 0.15) is 0 Å². The van der Waals surface area contributed by atoms with Crippen LogP contribution in [0.15, 0.2) is 53.4 Å². The molecule has 2 rings (SSSR count). The van der Waals surface area contributed by atoms with Gasteiger partial charge in [-0.05, 0) is 48.9 Å². The Morgan fingerprint density at radius 1 is 1.04 bits per heavy atom. The molecule has 140 valence electrons. The number of hydrogen-bond donors (Lipinski definition) is 1. The summed E-state index contributed by atoms with van der Waals surface area (Å²) in [6.07, 6.45) is 0. The lowest BCUT2D eigenvalue weighted by atomic mass is 10.1. The van der Waals surface area contributed by atoms with Crippen molar-refractivity contribution in [3.63, 3.8) is 0 Å². The number of nitrogens with one attached hydrogen (secondary N) is 1. The van der Waals surface area contributed by atoms with Crippen LogP contribution >= 0.6 is 23.2 Å². The zero-order chi connectivity index (χ0) is 19.3. The third-order valence-electron chi connectivity index (χ3n) is 3.87. The third-order valence-corrected chi connectivity index (χ3v) is 6.31. The molecule has 0 aliphatic rings. The lowest BCUT2D eigenvalue weighted by Gasteiger charge is -2.22. The molecule has 2 aromatic carbocycles. The van der Waals surface area contributed by atoms with E-state index in [1.165, 1.54) is 24.3 Å². The SMILES string of the molecule is CCN(CC(=O)N[C@H](C)c1ccc(Cl)cc1)S(=O)(=O)c1ccc(Cl)cc1. The maximum Gasteiger partial charge on any atom is 0.243 e. The minimum Gasteiger partial charge on any atom is -0.348 e. The van der Waals surface area contributed by atoms with Crippen LogP contribution in [0.5, 0.6) is 0 Å². The van der Waals surface area contributed by atoms with Crippen LogP contribution in [-0.4, -0.2) is 31.7 Å². The van der Waals surface area contributed by atoms with Crippen molar-refractivity contribution >= 4 is 39.1 Å². The van der Waals surface area contributed by atoms with Gasteiger partial charge >= 0.3 is 0 Å². The van der Waals surface area contributed by atoms with Crippen LogP contribution in [0.2, 0.25) is 10.0 Å². The second-order valence-electron chi connectivity index (χ2n) is 5.73. The highest BCUT2D eigenvalue weighted by Crippen LogP contribution is 2.19. The molecular formula is C18H20Cl2N2O3S. The zero-order valence-electron chi connectivity index (χ0n) is 14.4. The summed E-state index contributed by atoms with van der Waals surface area (Å²) < 4.78 is 26.5. The summed E-state index contributed by atoms with van der Waals surface area (Å²) in [5, 5.41) is 3.86. The summed E-state index contributed by atoms with van der Waals surface area (Å²) in [5.74, 6) is -0.383. The van der Waals surface area contributed by atoms with Gasteiger partial charge in [0.05, 0.1) is 17.5 Å². The number of hydrogen-bond acceptors (Lipinski definition) is 3. The first kappa shape index (κ1) is 20.7. The Bertz CT molecular complexity index is 853. The van der Waals surface area contributed by atoms with E-state index in [0.29, 0.717) is 10.0 Å². The van der Waals surface area contributed by atoms with Gasteiger partial charge in [-0.1, -0.05) is 42.3 Å². The summed E-state index contributed by atoms with van der Waals surface area (Å²) in [5.41, 5.74) is 0.881. The molecule has 0 fully saturated rings. The summed E-state index contributed by atoms with van der Waals surface area (Å²) in [6.45, 7) is 3.42. The molecule has 5 nitrogen and oxygen atoms in total. The molecule has 0 radical (unpaired) electrons. The van der Waals surface area contributed by atoms with Crippen LogP contribution < -0.4 is 5.32 Å². The van der Waals surface area contributed by atoms with Gasteiger partial charge in [0, 0.05) is 16.6 Å². The lowest BCUT2D eigenvalue weighted by molar-refractivity contribution is -0.121. The van der Waals surface area contributed by atoms with E-state index in [-0.39, 0.29) is 29.9 Å². The number of likely N-dealkylation sites (N-methyl/N-ethyl adjacent to an activating group) is 1. The van der Waals surface area contributed by atoms with Gasteiger partial charge in [0.25, 0.3) is 0 Å². The molecule has 0 bridgehead atoms. The molecule has 2 aromatic rings.